The first-order valence-corrected chi connectivity index (χ1v) is 10.8. The first-order chi connectivity index (χ1) is 13.0. The van der Waals surface area contributed by atoms with Crippen molar-refractivity contribution in [3.05, 3.63) is 61.5 Å². The standard InChI is InChI=1S/C18H13BrIN3O2S2/c1-25-15-6-5-10(8-13(15)19)14-9-27-18(21-14)23-17(26)22-16(24)11-3-2-4-12(20)7-11/h2-9H,1H3,(H2,21,22,23,24,26). The summed E-state index contributed by atoms with van der Waals surface area (Å²) < 4.78 is 7.07. The van der Waals surface area contributed by atoms with E-state index < -0.39 is 0 Å². The maximum absolute atomic E-state index is 12.2. The van der Waals surface area contributed by atoms with Gasteiger partial charge in [0.25, 0.3) is 5.91 Å². The van der Waals surface area contributed by atoms with Gasteiger partial charge in [-0.3, -0.25) is 10.1 Å². The molecule has 2 N–H and O–H groups in total. The molecule has 5 nitrogen and oxygen atoms in total. The van der Waals surface area contributed by atoms with Gasteiger partial charge in [0.15, 0.2) is 10.2 Å². The number of thiazole rings is 1. The van der Waals surface area contributed by atoms with Crippen LogP contribution in [0.3, 0.4) is 0 Å². The number of thiocarbonyl (C=S) groups is 1. The van der Waals surface area contributed by atoms with Crippen LogP contribution in [-0.2, 0) is 0 Å². The van der Waals surface area contributed by atoms with Crippen molar-refractivity contribution in [2.24, 2.45) is 0 Å². The molecule has 0 aliphatic carbocycles. The molecule has 0 atom stereocenters. The first kappa shape index (κ1) is 20.2. The molecule has 3 aromatic rings. The Balaban J connectivity index is 1.66. The van der Waals surface area contributed by atoms with Crippen molar-refractivity contribution in [3.8, 4) is 17.0 Å². The van der Waals surface area contributed by atoms with Crippen LogP contribution < -0.4 is 15.4 Å². The van der Waals surface area contributed by atoms with E-state index in [0.717, 1.165) is 25.0 Å². The van der Waals surface area contributed by atoms with Gasteiger partial charge in [-0.1, -0.05) is 6.07 Å². The lowest BCUT2D eigenvalue weighted by Crippen LogP contribution is -2.34. The van der Waals surface area contributed by atoms with Crippen LogP contribution in [0.5, 0.6) is 5.75 Å². The van der Waals surface area contributed by atoms with E-state index in [1.807, 2.05) is 35.7 Å². The average molecular weight is 574 g/mol. The van der Waals surface area contributed by atoms with Crippen molar-refractivity contribution >= 4 is 78.2 Å². The van der Waals surface area contributed by atoms with E-state index in [1.54, 1.807) is 19.2 Å². The minimum atomic E-state index is -0.262. The Hall–Kier alpha value is -1.56. The molecule has 0 bridgehead atoms. The second kappa shape index (κ2) is 9.09. The molecule has 0 aliphatic heterocycles. The molecule has 0 fully saturated rings. The number of aromatic nitrogens is 1. The number of benzene rings is 2. The Morgan fingerprint density at radius 3 is 2.81 bits per heavy atom. The molecule has 27 heavy (non-hydrogen) atoms. The van der Waals surface area contributed by atoms with Crippen molar-refractivity contribution < 1.29 is 9.53 Å². The highest BCUT2D eigenvalue weighted by Crippen LogP contribution is 2.32. The number of methoxy groups -OCH3 is 1. The Morgan fingerprint density at radius 1 is 1.30 bits per heavy atom. The summed E-state index contributed by atoms with van der Waals surface area (Å²) in [6.07, 6.45) is 0. The van der Waals surface area contributed by atoms with Crippen molar-refractivity contribution in [1.29, 1.82) is 0 Å². The summed E-state index contributed by atoms with van der Waals surface area (Å²) in [5, 5.41) is 8.34. The molecule has 1 heterocycles. The Morgan fingerprint density at radius 2 is 2.11 bits per heavy atom. The van der Waals surface area contributed by atoms with Gasteiger partial charge in [0.2, 0.25) is 0 Å². The third-order valence-electron chi connectivity index (χ3n) is 3.49. The summed E-state index contributed by atoms with van der Waals surface area (Å²) in [5.74, 6) is 0.494. The molecule has 0 saturated heterocycles. The predicted octanol–water partition coefficient (Wildman–Crippen LogP) is 5.31. The van der Waals surface area contributed by atoms with Crippen LogP contribution in [0.4, 0.5) is 5.13 Å². The van der Waals surface area contributed by atoms with Gasteiger partial charge in [-0.25, -0.2) is 4.98 Å². The van der Waals surface area contributed by atoms with E-state index in [0.29, 0.717) is 10.7 Å². The highest BCUT2D eigenvalue weighted by Gasteiger charge is 2.11. The summed E-state index contributed by atoms with van der Waals surface area (Å²) in [6, 6.07) is 13.0. The molecule has 0 saturated carbocycles. The molecule has 0 unspecified atom stereocenters. The normalized spacial score (nSPS) is 10.3. The van der Waals surface area contributed by atoms with Gasteiger partial charge in [0.1, 0.15) is 5.75 Å². The van der Waals surface area contributed by atoms with Crippen LogP contribution in [0.25, 0.3) is 11.3 Å². The Labute approximate surface area is 187 Å². The van der Waals surface area contributed by atoms with Crippen molar-refractivity contribution in [2.45, 2.75) is 0 Å². The van der Waals surface area contributed by atoms with Gasteiger partial charge in [0, 0.05) is 20.1 Å². The van der Waals surface area contributed by atoms with Gasteiger partial charge in [0.05, 0.1) is 17.3 Å². The molecule has 2 aromatic carbocycles. The van der Waals surface area contributed by atoms with E-state index in [9.17, 15) is 4.79 Å². The number of hydrogen-bond acceptors (Lipinski definition) is 5. The smallest absolute Gasteiger partial charge is 0.257 e. The highest BCUT2D eigenvalue weighted by molar-refractivity contribution is 14.1. The van der Waals surface area contributed by atoms with Gasteiger partial charge in [-0.2, -0.15) is 0 Å². The summed E-state index contributed by atoms with van der Waals surface area (Å²) in [5.41, 5.74) is 2.30. The molecule has 138 valence electrons. The lowest BCUT2D eigenvalue weighted by atomic mass is 10.2. The van der Waals surface area contributed by atoms with Gasteiger partial charge < -0.3 is 10.1 Å². The first-order valence-electron chi connectivity index (χ1n) is 7.63. The van der Waals surface area contributed by atoms with Crippen LogP contribution in [0.2, 0.25) is 0 Å². The number of rotatable bonds is 4. The second-order valence-electron chi connectivity index (χ2n) is 5.31. The molecule has 0 spiro atoms. The summed E-state index contributed by atoms with van der Waals surface area (Å²) in [4.78, 5) is 16.8. The zero-order valence-corrected chi connectivity index (χ0v) is 19.3. The molecule has 1 aromatic heterocycles. The number of nitrogens with zero attached hydrogens (tertiary/aromatic N) is 1. The lowest BCUT2D eigenvalue weighted by Gasteiger charge is -2.07. The molecular weight excluding hydrogens is 561 g/mol. The Kier molecular flexibility index (Phi) is 6.79. The minimum absolute atomic E-state index is 0.204. The van der Waals surface area contributed by atoms with E-state index in [2.05, 4.69) is 54.1 Å². The largest absolute Gasteiger partial charge is 0.496 e. The van der Waals surface area contributed by atoms with Crippen LogP contribution >= 0.6 is 62.1 Å². The summed E-state index contributed by atoms with van der Waals surface area (Å²) in [6.45, 7) is 0. The van der Waals surface area contributed by atoms with Gasteiger partial charge in [-0.05, 0) is 87.1 Å². The number of hydrogen-bond donors (Lipinski definition) is 2. The zero-order valence-electron chi connectivity index (χ0n) is 14.0. The van der Waals surface area contributed by atoms with Crippen molar-refractivity contribution in [3.63, 3.8) is 0 Å². The highest BCUT2D eigenvalue weighted by atomic mass is 127. The maximum Gasteiger partial charge on any atom is 0.257 e. The van der Waals surface area contributed by atoms with E-state index in [4.69, 9.17) is 17.0 Å². The van der Waals surface area contributed by atoms with Crippen LogP contribution in [0, 0.1) is 3.57 Å². The fraction of sp³-hybridized carbons (Fsp3) is 0.0556. The quantitative estimate of drug-likeness (QED) is 0.327. The molecule has 1 amide bonds. The predicted molar refractivity (Wildman–Crippen MR) is 125 cm³/mol. The molecule has 0 radical (unpaired) electrons. The van der Waals surface area contributed by atoms with Gasteiger partial charge >= 0.3 is 0 Å². The van der Waals surface area contributed by atoms with Gasteiger partial charge in [-0.15, -0.1) is 11.3 Å². The molecule has 9 heteroatoms. The fourth-order valence-electron chi connectivity index (χ4n) is 2.22. The van der Waals surface area contributed by atoms with Crippen LogP contribution in [0.15, 0.2) is 52.3 Å². The summed E-state index contributed by atoms with van der Waals surface area (Å²) >= 11 is 12.3. The van der Waals surface area contributed by atoms with Crippen molar-refractivity contribution in [1.82, 2.24) is 10.3 Å². The number of halogens is 2. The fourth-order valence-corrected chi connectivity index (χ4v) is 4.28. The molecular formula is C18H13BrIN3O2S2. The lowest BCUT2D eigenvalue weighted by molar-refractivity contribution is 0.0977. The van der Waals surface area contributed by atoms with E-state index in [1.165, 1.54) is 11.3 Å². The Bertz CT molecular complexity index is 1010. The third-order valence-corrected chi connectivity index (χ3v) is 5.74. The number of anilines is 1. The SMILES string of the molecule is COc1ccc(-c2csc(NC(=S)NC(=O)c3cccc(I)c3)n2)cc1Br. The van der Waals surface area contributed by atoms with Crippen molar-refractivity contribution in [2.75, 3.05) is 12.4 Å². The number of amides is 1. The monoisotopic (exact) mass is 573 g/mol. The third kappa shape index (κ3) is 5.24. The zero-order chi connectivity index (χ0) is 19.4. The van der Waals surface area contributed by atoms with Crippen LogP contribution in [-0.4, -0.2) is 23.1 Å². The second-order valence-corrected chi connectivity index (χ2v) is 8.67. The molecule has 3 rings (SSSR count). The maximum atomic E-state index is 12.2. The number of nitrogens with one attached hydrogen (secondary N) is 2. The van der Waals surface area contributed by atoms with E-state index >= 15 is 0 Å². The molecule has 0 aliphatic rings. The summed E-state index contributed by atoms with van der Waals surface area (Å²) in [7, 11) is 1.62. The topological polar surface area (TPSA) is 63.2 Å². The number of ether oxygens (including phenoxy) is 1. The van der Waals surface area contributed by atoms with Crippen LogP contribution in [0.1, 0.15) is 10.4 Å². The minimum Gasteiger partial charge on any atom is -0.496 e. The average Bonchev–Trinajstić information content (AvgIpc) is 3.09. The number of carbonyl (C=O) groups excluding carboxylic acids is 1. The number of carbonyl (C=O) groups is 1. The van der Waals surface area contributed by atoms with E-state index in [-0.39, 0.29) is 11.0 Å².